The van der Waals surface area contributed by atoms with Gasteiger partial charge < -0.3 is 9.64 Å². The predicted molar refractivity (Wildman–Crippen MR) is 124 cm³/mol. The Morgan fingerprint density at radius 3 is 2.37 bits per heavy atom. The molecule has 1 saturated heterocycles. The van der Waals surface area contributed by atoms with Gasteiger partial charge in [-0.2, -0.15) is 0 Å². The lowest BCUT2D eigenvalue weighted by Crippen LogP contribution is -2.39. The summed E-state index contributed by atoms with van der Waals surface area (Å²) in [5.74, 6) is 0.417. The monoisotopic (exact) mass is 433 g/mol. The summed E-state index contributed by atoms with van der Waals surface area (Å²) in [4.78, 5) is 14.8. The molecular formula is C25H39NO3S. The van der Waals surface area contributed by atoms with Crippen LogP contribution < -0.4 is 0 Å². The largest absolute Gasteiger partial charge is 0.461 e. The highest BCUT2D eigenvalue weighted by Crippen LogP contribution is 2.28. The standard InChI is InChI=1S/C25H39NO3S/c1-25(2,3)21-13-11-20(12-14-21)19-30(28)23-10-6-5-9-22(23)29-24(27)15-18-26-16-7-4-8-17-26/h11-14,22-23H,4-10,15-19H2,1-3H3/t22-,23+,30+/m0/s1. The van der Waals surface area contributed by atoms with Crippen LogP contribution in [0.2, 0.25) is 0 Å². The zero-order chi connectivity index (χ0) is 21.6. The molecule has 2 fully saturated rings. The molecule has 0 spiro atoms. The van der Waals surface area contributed by atoms with Crippen molar-refractivity contribution in [2.45, 2.75) is 94.7 Å². The Balaban J connectivity index is 1.52. The molecule has 1 aromatic rings. The number of nitrogens with zero attached hydrogens (tertiary/aromatic N) is 1. The Morgan fingerprint density at radius 1 is 1.03 bits per heavy atom. The number of piperidine rings is 1. The zero-order valence-corrected chi connectivity index (χ0v) is 19.8. The highest BCUT2D eigenvalue weighted by Gasteiger charge is 2.33. The van der Waals surface area contributed by atoms with E-state index in [4.69, 9.17) is 4.74 Å². The van der Waals surface area contributed by atoms with E-state index < -0.39 is 10.8 Å². The van der Waals surface area contributed by atoms with E-state index in [2.05, 4.69) is 49.9 Å². The van der Waals surface area contributed by atoms with E-state index in [1.54, 1.807) is 0 Å². The van der Waals surface area contributed by atoms with E-state index in [-0.39, 0.29) is 22.7 Å². The van der Waals surface area contributed by atoms with Crippen LogP contribution >= 0.6 is 0 Å². The molecule has 0 unspecified atom stereocenters. The summed E-state index contributed by atoms with van der Waals surface area (Å²) in [5, 5.41) is -0.0417. The number of carbonyl (C=O) groups excluding carboxylic acids is 1. The molecule has 0 amide bonds. The van der Waals surface area contributed by atoms with Crippen LogP contribution in [0.25, 0.3) is 0 Å². The second-order valence-corrected chi connectivity index (χ2v) is 11.6. The van der Waals surface area contributed by atoms with Crippen LogP contribution in [0.4, 0.5) is 0 Å². The molecule has 4 nitrogen and oxygen atoms in total. The van der Waals surface area contributed by atoms with Gasteiger partial charge in [-0.25, -0.2) is 0 Å². The average molecular weight is 434 g/mol. The van der Waals surface area contributed by atoms with E-state index in [1.807, 2.05) is 0 Å². The van der Waals surface area contributed by atoms with Gasteiger partial charge in [-0.05, 0) is 61.7 Å². The summed E-state index contributed by atoms with van der Waals surface area (Å²) in [7, 11) is -1.03. The number of hydrogen-bond acceptors (Lipinski definition) is 4. The van der Waals surface area contributed by atoms with Crippen molar-refractivity contribution >= 4 is 16.8 Å². The maximum Gasteiger partial charge on any atom is 0.307 e. The first kappa shape index (κ1) is 23.5. The van der Waals surface area contributed by atoms with Crippen molar-refractivity contribution in [2.75, 3.05) is 19.6 Å². The summed E-state index contributed by atoms with van der Waals surface area (Å²) in [6, 6.07) is 8.49. The smallest absolute Gasteiger partial charge is 0.307 e. The fraction of sp³-hybridized carbons (Fsp3) is 0.720. The highest BCUT2D eigenvalue weighted by molar-refractivity contribution is 7.84. The van der Waals surface area contributed by atoms with Crippen molar-refractivity contribution < 1.29 is 13.7 Å². The number of esters is 1. The molecule has 0 radical (unpaired) electrons. The number of ether oxygens (including phenoxy) is 1. The number of hydrogen-bond donors (Lipinski definition) is 0. The van der Waals surface area contributed by atoms with E-state index in [0.717, 1.165) is 50.9 Å². The molecule has 1 aliphatic carbocycles. The van der Waals surface area contributed by atoms with Crippen molar-refractivity contribution in [3.05, 3.63) is 35.4 Å². The van der Waals surface area contributed by atoms with Gasteiger partial charge in [-0.15, -0.1) is 0 Å². The minimum absolute atomic E-state index is 0.0417. The normalized spacial score (nSPS) is 24.4. The maximum atomic E-state index is 13.2. The Bertz CT molecular complexity index is 704. The van der Waals surface area contributed by atoms with Crippen LogP contribution in [0.5, 0.6) is 0 Å². The Labute approximate surface area is 185 Å². The van der Waals surface area contributed by atoms with Crippen LogP contribution in [0, 0.1) is 0 Å². The number of benzene rings is 1. The molecule has 1 aliphatic heterocycles. The van der Waals surface area contributed by atoms with Gasteiger partial charge in [0.05, 0.1) is 11.7 Å². The van der Waals surface area contributed by atoms with Crippen LogP contribution in [-0.2, 0) is 31.5 Å². The molecule has 1 aromatic carbocycles. The molecule has 3 rings (SSSR count). The second-order valence-electron chi connectivity index (χ2n) is 9.98. The third kappa shape index (κ3) is 6.91. The molecule has 2 aliphatic rings. The minimum atomic E-state index is -1.03. The summed E-state index contributed by atoms with van der Waals surface area (Å²) in [5.41, 5.74) is 2.51. The maximum absolute atomic E-state index is 13.2. The SMILES string of the molecule is CC(C)(C)c1ccc(C[S@@](=O)[C@@H]2CCCC[C@@H]2OC(=O)CCN2CCCCC2)cc1. The van der Waals surface area contributed by atoms with Gasteiger partial charge in [-0.3, -0.25) is 9.00 Å². The Morgan fingerprint density at radius 2 is 1.70 bits per heavy atom. The first-order valence-corrected chi connectivity index (χ1v) is 13.1. The lowest BCUT2D eigenvalue weighted by atomic mass is 9.87. The third-order valence-electron chi connectivity index (χ3n) is 6.47. The lowest BCUT2D eigenvalue weighted by molar-refractivity contribution is -0.150. The molecule has 1 heterocycles. The van der Waals surface area contributed by atoms with Crippen LogP contribution in [0.15, 0.2) is 24.3 Å². The van der Waals surface area contributed by atoms with Crippen molar-refractivity contribution in [1.82, 2.24) is 4.90 Å². The Kier molecular flexibility index (Phi) is 8.52. The number of carbonyl (C=O) groups is 1. The number of likely N-dealkylation sites (tertiary alicyclic amines) is 1. The zero-order valence-electron chi connectivity index (χ0n) is 19.0. The second kappa shape index (κ2) is 10.9. The van der Waals surface area contributed by atoms with Gasteiger partial charge in [0, 0.05) is 23.1 Å². The molecule has 0 aromatic heterocycles. The van der Waals surface area contributed by atoms with E-state index in [9.17, 15) is 9.00 Å². The molecule has 3 atom stereocenters. The van der Waals surface area contributed by atoms with Gasteiger partial charge in [0.1, 0.15) is 6.10 Å². The molecule has 168 valence electrons. The quantitative estimate of drug-likeness (QED) is 0.570. The molecule has 0 bridgehead atoms. The highest BCUT2D eigenvalue weighted by atomic mass is 32.2. The van der Waals surface area contributed by atoms with Crippen LogP contribution in [0.3, 0.4) is 0 Å². The summed E-state index contributed by atoms with van der Waals surface area (Å²) >= 11 is 0. The van der Waals surface area contributed by atoms with E-state index in [1.165, 1.54) is 24.8 Å². The summed E-state index contributed by atoms with van der Waals surface area (Å²) in [6.45, 7) is 9.58. The predicted octanol–water partition coefficient (Wildman–Crippen LogP) is 4.96. The van der Waals surface area contributed by atoms with Crippen molar-refractivity contribution in [3.63, 3.8) is 0 Å². The van der Waals surface area contributed by atoms with Crippen molar-refractivity contribution in [3.8, 4) is 0 Å². The van der Waals surface area contributed by atoms with Gasteiger partial charge in [0.15, 0.2) is 0 Å². The van der Waals surface area contributed by atoms with Crippen molar-refractivity contribution in [1.29, 1.82) is 0 Å². The molecular weight excluding hydrogens is 394 g/mol. The van der Waals surface area contributed by atoms with Gasteiger partial charge in [0.25, 0.3) is 0 Å². The van der Waals surface area contributed by atoms with E-state index >= 15 is 0 Å². The first-order valence-electron chi connectivity index (χ1n) is 11.7. The average Bonchev–Trinajstić information content (AvgIpc) is 2.73. The first-order chi connectivity index (χ1) is 14.3. The molecule has 5 heteroatoms. The molecule has 1 saturated carbocycles. The van der Waals surface area contributed by atoms with E-state index in [0.29, 0.717) is 12.2 Å². The van der Waals surface area contributed by atoms with Gasteiger partial charge in [-0.1, -0.05) is 57.9 Å². The number of rotatable bonds is 7. The van der Waals surface area contributed by atoms with Crippen LogP contribution in [0.1, 0.15) is 83.3 Å². The molecule has 0 N–H and O–H groups in total. The van der Waals surface area contributed by atoms with Crippen LogP contribution in [-0.4, -0.2) is 46.1 Å². The third-order valence-corrected chi connectivity index (χ3v) is 8.30. The summed E-state index contributed by atoms with van der Waals surface area (Å²) in [6.07, 6.45) is 7.87. The topological polar surface area (TPSA) is 46.6 Å². The lowest BCUT2D eigenvalue weighted by Gasteiger charge is -2.31. The van der Waals surface area contributed by atoms with Gasteiger partial charge in [0.2, 0.25) is 0 Å². The van der Waals surface area contributed by atoms with Crippen molar-refractivity contribution in [2.24, 2.45) is 0 Å². The molecule has 30 heavy (non-hydrogen) atoms. The van der Waals surface area contributed by atoms with Gasteiger partial charge >= 0.3 is 5.97 Å². The Hall–Kier alpha value is -1.20. The fourth-order valence-corrected chi connectivity index (χ4v) is 6.23. The summed E-state index contributed by atoms with van der Waals surface area (Å²) < 4.78 is 19.0. The fourth-order valence-electron chi connectivity index (χ4n) is 4.53. The minimum Gasteiger partial charge on any atom is -0.461 e.